The fourth-order valence-corrected chi connectivity index (χ4v) is 6.76. The molecule has 0 atom stereocenters. The van der Waals surface area contributed by atoms with Crippen LogP contribution in [0.25, 0.3) is 23.3 Å². The summed E-state index contributed by atoms with van der Waals surface area (Å²) in [6.45, 7) is 13.6. The lowest BCUT2D eigenvalue weighted by Crippen LogP contribution is -2.25. The Morgan fingerprint density at radius 3 is 0.942 bits per heavy atom. The lowest BCUT2D eigenvalue weighted by molar-refractivity contribution is 0.678. The molecule has 5 aromatic rings. The summed E-state index contributed by atoms with van der Waals surface area (Å²) < 4.78 is 0. The van der Waals surface area contributed by atoms with Crippen LogP contribution in [0.5, 0.6) is 0 Å². The van der Waals surface area contributed by atoms with Gasteiger partial charge < -0.3 is 9.80 Å². The lowest BCUT2D eigenvalue weighted by Gasteiger charge is -2.25. The first kappa shape index (κ1) is 38.4. The summed E-state index contributed by atoms with van der Waals surface area (Å²) in [6, 6.07) is 49.1. The van der Waals surface area contributed by atoms with Gasteiger partial charge in [-0.2, -0.15) is 0 Å². The van der Waals surface area contributed by atoms with E-state index in [1.54, 1.807) is 0 Å². The molecule has 0 fully saturated rings. The first-order valence-corrected chi connectivity index (χ1v) is 20.0. The van der Waals surface area contributed by atoms with Gasteiger partial charge in [-0.05, 0) is 107 Å². The van der Waals surface area contributed by atoms with Crippen LogP contribution in [0.15, 0.2) is 133 Å². The van der Waals surface area contributed by atoms with E-state index in [4.69, 9.17) is 0 Å². The van der Waals surface area contributed by atoms with E-state index in [1.807, 2.05) is 0 Å². The Morgan fingerprint density at radius 1 is 0.365 bits per heavy atom. The fourth-order valence-electron chi connectivity index (χ4n) is 6.76. The number of hydrogen-bond donors (Lipinski definition) is 0. The van der Waals surface area contributed by atoms with E-state index in [0.717, 1.165) is 26.2 Å². The van der Waals surface area contributed by atoms with Crippen LogP contribution < -0.4 is 9.80 Å². The second kappa shape index (κ2) is 20.9. The molecule has 2 heteroatoms. The zero-order valence-electron chi connectivity index (χ0n) is 32.2. The third-order valence-electron chi connectivity index (χ3n) is 9.94. The normalized spacial score (nSPS) is 11.8. The van der Waals surface area contributed by atoms with Gasteiger partial charge in [0, 0.05) is 37.6 Å². The summed E-state index contributed by atoms with van der Waals surface area (Å²) in [4.78, 5) is 5.12. The van der Waals surface area contributed by atoms with Crippen LogP contribution >= 0.6 is 0 Å². The van der Waals surface area contributed by atoms with Crippen molar-refractivity contribution < 1.29 is 0 Å². The maximum Gasteiger partial charge on any atom is 0.0366 e. The summed E-state index contributed by atoms with van der Waals surface area (Å²) in [5.74, 6) is 0. The minimum Gasteiger partial charge on any atom is -0.372 e. The molecule has 270 valence electrons. The third kappa shape index (κ3) is 11.1. The highest BCUT2D eigenvalue weighted by molar-refractivity contribution is 5.93. The lowest BCUT2D eigenvalue weighted by atomic mass is 9.94. The van der Waals surface area contributed by atoms with Gasteiger partial charge in [0.15, 0.2) is 0 Å². The fraction of sp³-hybridized carbons (Fsp3) is 0.320. The zero-order chi connectivity index (χ0) is 36.4. The molecule has 0 spiro atoms. The largest absolute Gasteiger partial charge is 0.372 e. The van der Waals surface area contributed by atoms with Crippen LogP contribution in [0.3, 0.4) is 0 Å². The maximum absolute atomic E-state index is 2.56. The number of hydrogen-bond acceptors (Lipinski definition) is 2. The Balaban J connectivity index is 1.44. The number of anilines is 2. The molecule has 2 nitrogen and oxygen atoms in total. The smallest absolute Gasteiger partial charge is 0.0366 e. The van der Waals surface area contributed by atoms with Crippen LogP contribution in [0.4, 0.5) is 11.4 Å². The average molecular weight is 689 g/mol. The summed E-state index contributed by atoms with van der Waals surface area (Å²) in [7, 11) is 0. The van der Waals surface area contributed by atoms with Crippen LogP contribution in [0.2, 0.25) is 0 Å². The van der Waals surface area contributed by atoms with Crippen molar-refractivity contribution in [2.45, 2.75) is 79.1 Å². The molecule has 0 saturated heterocycles. The van der Waals surface area contributed by atoms with Crippen molar-refractivity contribution in [2.75, 3.05) is 36.0 Å². The summed E-state index contributed by atoms with van der Waals surface area (Å²) in [5.41, 5.74) is 12.4. The predicted molar refractivity (Wildman–Crippen MR) is 230 cm³/mol. The summed E-state index contributed by atoms with van der Waals surface area (Å²) >= 11 is 0. The van der Waals surface area contributed by atoms with Crippen LogP contribution in [-0.4, -0.2) is 26.2 Å². The molecular formula is C50H60N2. The van der Waals surface area contributed by atoms with Gasteiger partial charge in [0.05, 0.1) is 0 Å². The highest BCUT2D eigenvalue weighted by Crippen LogP contribution is 2.31. The van der Waals surface area contributed by atoms with Crippen LogP contribution in [0, 0.1) is 0 Å². The van der Waals surface area contributed by atoms with Crippen LogP contribution in [0.1, 0.15) is 112 Å². The van der Waals surface area contributed by atoms with Crippen molar-refractivity contribution >= 4 is 34.7 Å². The van der Waals surface area contributed by atoms with Gasteiger partial charge in [-0.1, -0.05) is 163 Å². The average Bonchev–Trinajstić information content (AvgIpc) is 3.20. The predicted octanol–water partition coefficient (Wildman–Crippen LogP) is 13.7. The Morgan fingerprint density at radius 2 is 0.654 bits per heavy atom. The standard InChI is InChI=1S/C50H60N2/c1-5-9-35-51(36-10-6-2)47-31-27-45(28-32-47)49(43-19-15-13-16-20-43)39-41-23-25-42(26-24-41)40-50(44-21-17-14-18-22-44)46-29-33-48(34-30-46)52(37-11-7-3)38-12-8-4/h13-34,39-40H,5-12,35-38H2,1-4H3/b49-39-,50-40+. The van der Waals surface area contributed by atoms with E-state index in [0.29, 0.717) is 0 Å². The number of rotatable bonds is 20. The highest BCUT2D eigenvalue weighted by Gasteiger charge is 2.11. The quantitative estimate of drug-likeness (QED) is 0.0751. The van der Waals surface area contributed by atoms with E-state index >= 15 is 0 Å². The molecule has 0 aliphatic rings. The molecule has 0 amide bonds. The SMILES string of the molecule is CCCCN(CCCC)c1ccc(/C(=C\c2ccc(/C=C(\c3ccccc3)c3ccc(N(CCCC)CCCC)cc3)cc2)c2ccccc2)cc1. The molecule has 0 N–H and O–H groups in total. The number of benzene rings is 5. The Kier molecular flexibility index (Phi) is 15.4. The van der Waals surface area contributed by atoms with Gasteiger partial charge in [-0.25, -0.2) is 0 Å². The molecule has 5 aromatic carbocycles. The second-order valence-electron chi connectivity index (χ2n) is 14.0. The van der Waals surface area contributed by atoms with E-state index in [-0.39, 0.29) is 0 Å². The topological polar surface area (TPSA) is 6.48 Å². The molecule has 0 aliphatic carbocycles. The molecular weight excluding hydrogens is 629 g/mol. The highest BCUT2D eigenvalue weighted by atomic mass is 15.1. The van der Waals surface area contributed by atoms with E-state index in [1.165, 1.54) is 107 Å². The molecule has 0 aliphatic heterocycles. The van der Waals surface area contributed by atoms with Crippen molar-refractivity contribution in [2.24, 2.45) is 0 Å². The Bertz CT molecular complexity index is 1630. The molecule has 0 saturated carbocycles. The number of unbranched alkanes of at least 4 members (excludes halogenated alkanes) is 4. The second-order valence-corrected chi connectivity index (χ2v) is 14.0. The monoisotopic (exact) mass is 688 g/mol. The Labute approximate surface area is 315 Å². The molecule has 0 aromatic heterocycles. The van der Waals surface area contributed by atoms with Crippen molar-refractivity contribution in [1.29, 1.82) is 0 Å². The Hall–Kier alpha value is -4.82. The molecule has 52 heavy (non-hydrogen) atoms. The maximum atomic E-state index is 2.56. The van der Waals surface area contributed by atoms with E-state index < -0.39 is 0 Å². The zero-order valence-corrected chi connectivity index (χ0v) is 32.2. The first-order chi connectivity index (χ1) is 25.6. The van der Waals surface area contributed by atoms with Crippen molar-refractivity contribution in [3.8, 4) is 0 Å². The molecule has 0 bridgehead atoms. The van der Waals surface area contributed by atoms with Crippen molar-refractivity contribution in [3.63, 3.8) is 0 Å². The van der Waals surface area contributed by atoms with Gasteiger partial charge in [-0.15, -0.1) is 0 Å². The van der Waals surface area contributed by atoms with Crippen molar-refractivity contribution in [1.82, 2.24) is 0 Å². The number of nitrogens with zero attached hydrogens (tertiary/aromatic N) is 2. The minimum atomic E-state index is 1.12. The van der Waals surface area contributed by atoms with E-state index in [2.05, 4.69) is 183 Å². The van der Waals surface area contributed by atoms with Gasteiger partial charge in [-0.3, -0.25) is 0 Å². The van der Waals surface area contributed by atoms with Gasteiger partial charge in [0.2, 0.25) is 0 Å². The van der Waals surface area contributed by atoms with Crippen molar-refractivity contribution in [3.05, 3.63) is 167 Å². The van der Waals surface area contributed by atoms with Gasteiger partial charge in [0.1, 0.15) is 0 Å². The summed E-state index contributed by atoms with van der Waals surface area (Å²) in [6.07, 6.45) is 14.4. The molecule has 0 unspecified atom stereocenters. The van der Waals surface area contributed by atoms with E-state index in [9.17, 15) is 0 Å². The molecule has 5 rings (SSSR count). The molecule has 0 radical (unpaired) electrons. The first-order valence-electron chi connectivity index (χ1n) is 20.0. The summed E-state index contributed by atoms with van der Waals surface area (Å²) in [5, 5.41) is 0. The van der Waals surface area contributed by atoms with Gasteiger partial charge in [0.25, 0.3) is 0 Å². The third-order valence-corrected chi connectivity index (χ3v) is 9.94. The van der Waals surface area contributed by atoms with Gasteiger partial charge >= 0.3 is 0 Å². The molecule has 0 heterocycles. The van der Waals surface area contributed by atoms with Crippen LogP contribution in [-0.2, 0) is 0 Å². The minimum absolute atomic E-state index is 1.12.